The molecule has 0 spiro atoms. The molecule has 0 unspecified atom stereocenters. The second-order valence-electron chi connectivity index (χ2n) is 14.8. The van der Waals surface area contributed by atoms with Gasteiger partial charge in [-0.3, -0.25) is 14.4 Å². The van der Waals surface area contributed by atoms with Gasteiger partial charge in [0.15, 0.2) is 29.7 Å². The molecule has 1 aliphatic heterocycles. The fourth-order valence-electron chi connectivity index (χ4n) is 7.33. The number of methoxy groups -OCH3 is 1. The Morgan fingerprint density at radius 1 is 0.854 bits per heavy atom. The Kier molecular flexibility index (Phi) is 9.03. The monoisotopic (exact) mass is 666 g/mol. The molecule has 0 saturated heterocycles. The van der Waals surface area contributed by atoms with E-state index in [1.54, 1.807) is 25.3 Å². The van der Waals surface area contributed by atoms with Gasteiger partial charge in [-0.2, -0.15) is 0 Å². The van der Waals surface area contributed by atoms with Crippen LogP contribution in [0.3, 0.4) is 0 Å². The third-order valence-electron chi connectivity index (χ3n) is 9.54. The van der Waals surface area contributed by atoms with Crippen LogP contribution in [0.5, 0.6) is 11.5 Å². The molecule has 1 heterocycles. The predicted octanol–water partition coefficient (Wildman–Crippen LogP) is 8.56. The van der Waals surface area contributed by atoms with Gasteiger partial charge < -0.3 is 19.7 Å². The maximum atomic E-state index is 14.2. The van der Waals surface area contributed by atoms with Crippen molar-refractivity contribution in [1.29, 1.82) is 0 Å². The molecular weight excluding hydrogens is 624 g/mol. The molecule has 2 aliphatic carbocycles. The highest BCUT2D eigenvalue weighted by Gasteiger charge is 2.49. The van der Waals surface area contributed by atoms with Gasteiger partial charge in [-0.15, -0.1) is 0 Å². The number of anilines is 1. The van der Waals surface area contributed by atoms with Gasteiger partial charge in [-0.25, -0.2) is 0 Å². The highest BCUT2D eigenvalue weighted by Crippen LogP contribution is 2.55. The van der Waals surface area contributed by atoms with Gasteiger partial charge in [0.1, 0.15) is 0 Å². The van der Waals surface area contributed by atoms with Gasteiger partial charge >= 0.3 is 0 Å². The number of ketones is 2. The second kappa shape index (κ2) is 12.9. The quantitative estimate of drug-likeness (QED) is 0.259. The smallest absolute Gasteiger partial charge is 0.262 e. The van der Waals surface area contributed by atoms with Crippen LogP contribution in [-0.4, -0.2) is 36.1 Å². The first-order valence-corrected chi connectivity index (χ1v) is 16.8. The number of hydrogen-bond donors (Lipinski definition) is 1. The molecule has 8 heteroatoms. The first-order chi connectivity index (χ1) is 22.7. The number of halogens is 1. The van der Waals surface area contributed by atoms with E-state index in [0.29, 0.717) is 52.7 Å². The van der Waals surface area contributed by atoms with Gasteiger partial charge in [-0.1, -0.05) is 81.8 Å². The van der Waals surface area contributed by atoms with E-state index in [1.807, 2.05) is 43.3 Å². The summed E-state index contributed by atoms with van der Waals surface area (Å²) < 4.78 is 11.7. The number of aryl methyl sites for hydroxylation is 1. The number of hydrogen-bond acceptors (Lipinski definition) is 6. The molecule has 0 aromatic heterocycles. The molecular formula is C40H43ClN2O5. The number of allylic oxidation sites excluding steroid dienone is 4. The Balaban J connectivity index is 1.38. The van der Waals surface area contributed by atoms with Crippen molar-refractivity contribution in [3.05, 3.63) is 111 Å². The lowest BCUT2D eigenvalue weighted by Gasteiger charge is -2.49. The molecule has 6 rings (SSSR count). The Morgan fingerprint density at radius 2 is 1.48 bits per heavy atom. The molecule has 0 atom stereocenters. The van der Waals surface area contributed by atoms with Crippen LogP contribution in [0.1, 0.15) is 76.0 Å². The Morgan fingerprint density at radius 3 is 2.06 bits per heavy atom. The SMILES string of the molecule is COc1cc(C2C3=C(CC(C)(C)CC3=O)N(Cc3ccccc3)C3=C2C(=O)CC(C)(C)C3)ccc1OCC(=O)Nc1ccc(C)c(Cl)c1. The molecule has 0 saturated carbocycles. The van der Waals surface area contributed by atoms with Crippen molar-refractivity contribution >= 4 is 34.8 Å². The zero-order chi connectivity index (χ0) is 34.4. The number of Topliss-reactive ketones (excluding diaryl/α,β-unsaturated/α-hetero) is 2. The van der Waals surface area contributed by atoms with E-state index in [9.17, 15) is 14.4 Å². The van der Waals surface area contributed by atoms with Crippen molar-refractivity contribution in [2.45, 2.75) is 72.8 Å². The van der Waals surface area contributed by atoms with Crippen molar-refractivity contribution in [2.24, 2.45) is 10.8 Å². The molecule has 3 aromatic carbocycles. The van der Waals surface area contributed by atoms with Crippen LogP contribution >= 0.6 is 11.6 Å². The maximum absolute atomic E-state index is 14.2. The summed E-state index contributed by atoms with van der Waals surface area (Å²) in [6.45, 7) is 10.8. The fourth-order valence-corrected chi connectivity index (χ4v) is 7.51. The molecule has 1 amide bonds. The van der Waals surface area contributed by atoms with Crippen LogP contribution in [0.4, 0.5) is 5.69 Å². The van der Waals surface area contributed by atoms with Crippen LogP contribution in [0.2, 0.25) is 5.02 Å². The number of nitrogens with one attached hydrogen (secondary N) is 1. The van der Waals surface area contributed by atoms with E-state index in [2.05, 4.69) is 50.0 Å². The standard InChI is InChI=1S/C40H43ClN2O5/c1-24-12-14-27(17-28(24)41)42-35(46)23-48-33-15-13-26(16-34(33)47-6)36-37-29(18-39(2,3)20-31(37)44)43(22-25-10-8-7-9-11-25)30-19-40(4,5)21-32(45)38(30)36/h7-17,36H,18-23H2,1-6H3,(H,42,46). The summed E-state index contributed by atoms with van der Waals surface area (Å²) in [4.78, 5) is 43.4. The van der Waals surface area contributed by atoms with Crippen LogP contribution < -0.4 is 14.8 Å². The molecule has 0 fully saturated rings. The summed E-state index contributed by atoms with van der Waals surface area (Å²) in [6, 6.07) is 21.1. The van der Waals surface area contributed by atoms with Crippen molar-refractivity contribution < 1.29 is 23.9 Å². The van der Waals surface area contributed by atoms with Crippen LogP contribution in [0.25, 0.3) is 0 Å². The molecule has 7 nitrogen and oxygen atoms in total. The first kappa shape index (κ1) is 33.5. The molecule has 0 bridgehead atoms. The molecule has 0 radical (unpaired) electrons. The minimum Gasteiger partial charge on any atom is -0.493 e. The third-order valence-corrected chi connectivity index (χ3v) is 9.95. The molecule has 48 heavy (non-hydrogen) atoms. The minimum atomic E-state index is -0.522. The number of rotatable bonds is 8. The average molecular weight is 667 g/mol. The summed E-state index contributed by atoms with van der Waals surface area (Å²) in [6.07, 6.45) is 2.26. The van der Waals surface area contributed by atoms with E-state index in [-0.39, 0.29) is 34.9 Å². The molecule has 250 valence electrons. The van der Waals surface area contributed by atoms with Gasteiger partial charge in [0.2, 0.25) is 0 Å². The summed E-state index contributed by atoms with van der Waals surface area (Å²) >= 11 is 6.21. The summed E-state index contributed by atoms with van der Waals surface area (Å²) in [5.74, 6) is 0.0766. The van der Waals surface area contributed by atoms with Gasteiger partial charge in [0.05, 0.1) is 7.11 Å². The number of nitrogens with zero attached hydrogens (tertiary/aromatic N) is 1. The zero-order valence-electron chi connectivity index (χ0n) is 28.5. The van der Waals surface area contributed by atoms with Crippen molar-refractivity contribution in [3.8, 4) is 11.5 Å². The van der Waals surface area contributed by atoms with Crippen LogP contribution in [0, 0.1) is 17.8 Å². The summed E-state index contributed by atoms with van der Waals surface area (Å²) in [7, 11) is 1.54. The van der Waals surface area contributed by atoms with E-state index in [0.717, 1.165) is 40.9 Å². The fraction of sp³-hybridized carbons (Fsp3) is 0.375. The number of carbonyl (C=O) groups excluding carboxylic acids is 3. The lowest BCUT2D eigenvalue weighted by Crippen LogP contribution is -2.44. The molecule has 3 aliphatic rings. The van der Waals surface area contributed by atoms with E-state index in [4.69, 9.17) is 21.1 Å². The van der Waals surface area contributed by atoms with Crippen molar-refractivity contribution in [1.82, 2.24) is 4.90 Å². The van der Waals surface area contributed by atoms with Crippen LogP contribution in [-0.2, 0) is 20.9 Å². The number of carbonyl (C=O) groups is 3. The lowest BCUT2D eigenvalue weighted by molar-refractivity contribution is -0.120. The Hall–Kier alpha value is -4.36. The minimum absolute atomic E-state index is 0.0701. The van der Waals surface area contributed by atoms with Gasteiger partial charge in [0, 0.05) is 58.6 Å². The summed E-state index contributed by atoms with van der Waals surface area (Å²) in [5.41, 5.74) is 6.37. The first-order valence-electron chi connectivity index (χ1n) is 16.5. The number of amides is 1. The summed E-state index contributed by atoms with van der Waals surface area (Å²) in [5, 5.41) is 3.37. The second-order valence-corrected chi connectivity index (χ2v) is 15.2. The zero-order valence-corrected chi connectivity index (χ0v) is 29.3. The van der Waals surface area contributed by atoms with Crippen molar-refractivity contribution in [3.63, 3.8) is 0 Å². The Labute approximate surface area is 288 Å². The van der Waals surface area contributed by atoms with Gasteiger partial charge in [-0.05, 0) is 71.6 Å². The predicted molar refractivity (Wildman–Crippen MR) is 188 cm³/mol. The molecule has 1 N–H and O–H groups in total. The maximum Gasteiger partial charge on any atom is 0.262 e. The van der Waals surface area contributed by atoms with Gasteiger partial charge in [0.25, 0.3) is 5.91 Å². The van der Waals surface area contributed by atoms with Crippen LogP contribution in [0.15, 0.2) is 89.3 Å². The van der Waals surface area contributed by atoms with E-state index < -0.39 is 5.92 Å². The number of ether oxygens (including phenoxy) is 2. The molecule has 3 aromatic rings. The largest absolute Gasteiger partial charge is 0.493 e. The normalized spacial score (nSPS) is 18.8. The van der Waals surface area contributed by atoms with E-state index >= 15 is 0 Å². The Bertz CT molecular complexity index is 1800. The third kappa shape index (κ3) is 6.79. The topological polar surface area (TPSA) is 84.9 Å². The highest BCUT2D eigenvalue weighted by molar-refractivity contribution is 6.31. The van der Waals surface area contributed by atoms with E-state index in [1.165, 1.54) is 0 Å². The highest BCUT2D eigenvalue weighted by atomic mass is 35.5. The number of benzene rings is 3. The average Bonchev–Trinajstić information content (AvgIpc) is 3.02. The van der Waals surface area contributed by atoms with Crippen molar-refractivity contribution in [2.75, 3.05) is 19.0 Å². The lowest BCUT2D eigenvalue weighted by atomic mass is 9.63.